The summed E-state index contributed by atoms with van der Waals surface area (Å²) in [7, 11) is 2.11. The van der Waals surface area contributed by atoms with Gasteiger partial charge in [-0.1, -0.05) is 25.1 Å². The number of nitrogens with zero attached hydrogens (tertiary/aromatic N) is 2. The Bertz CT molecular complexity index is 999. The molecule has 0 unspecified atom stereocenters. The minimum absolute atomic E-state index is 0.0793. The average Bonchev–Trinajstić information content (AvgIpc) is 3.04. The number of hydrogen-bond donors (Lipinski definition) is 2. The highest BCUT2D eigenvalue weighted by atomic mass is 16.3. The van der Waals surface area contributed by atoms with Gasteiger partial charge in [0.05, 0.1) is 0 Å². The van der Waals surface area contributed by atoms with Gasteiger partial charge in [-0.05, 0) is 67.2 Å². The van der Waals surface area contributed by atoms with Crippen molar-refractivity contribution in [2.24, 2.45) is 12.5 Å². The van der Waals surface area contributed by atoms with Crippen LogP contribution >= 0.6 is 0 Å². The van der Waals surface area contributed by atoms with Crippen LogP contribution in [0, 0.1) is 5.41 Å². The van der Waals surface area contributed by atoms with E-state index in [9.17, 15) is 9.90 Å². The lowest BCUT2D eigenvalue weighted by molar-refractivity contribution is 0.0859. The quantitative estimate of drug-likeness (QED) is 0.693. The smallest absolute Gasteiger partial charge is 0.251 e. The van der Waals surface area contributed by atoms with E-state index in [1.54, 1.807) is 24.3 Å². The Morgan fingerprint density at radius 1 is 1.10 bits per heavy atom. The number of aromatic nitrogens is 1. The molecular formula is C24H29N3O2. The van der Waals surface area contributed by atoms with Crippen LogP contribution in [0.25, 0.3) is 10.9 Å². The first kappa shape index (κ1) is 19.5. The third-order valence-corrected chi connectivity index (χ3v) is 6.24. The Kier molecular flexibility index (Phi) is 5.33. The summed E-state index contributed by atoms with van der Waals surface area (Å²) in [5, 5.41) is 13.8. The molecule has 1 fully saturated rings. The third kappa shape index (κ3) is 4.30. The Balaban J connectivity index is 1.32. The fourth-order valence-corrected chi connectivity index (χ4v) is 4.23. The number of fused-ring (bicyclic) bond motifs is 1. The van der Waals surface area contributed by atoms with Gasteiger partial charge in [-0.25, -0.2) is 0 Å². The molecule has 2 N–H and O–H groups in total. The van der Waals surface area contributed by atoms with Crippen LogP contribution in [0.5, 0.6) is 5.75 Å². The normalized spacial score (nSPS) is 16.8. The third-order valence-electron chi connectivity index (χ3n) is 6.24. The van der Waals surface area contributed by atoms with Gasteiger partial charge in [-0.15, -0.1) is 0 Å². The van der Waals surface area contributed by atoms with Crippen LogP contribution in [0.4, 0.5) is 0 Å². The summed E-state index contributed by atoms with van der Waals surface area (Å²) in [5.41, 5.74) is 3.36. The fraction of sp³-hybridized carbons (Fsp3) is 0.375. The molecule has 2 heterocycles. The Morgan fingerprint density at radius 3 is 2.52 bits per heavy atom. The number of piperidine rings is 1. The second-order valence-corrected chi connectivity index (χ2v) is 8.60. The van der Waals surface area contributed by atoms with E-state index in [1.165, 1.54) is 16.5 Å². The van der Waals surface area contributed by atoms with Crippen molar-refractivity contribution in [3.8, 4) is 5.75 Å². The summed E-state index contributed by atoms with van der Waals surface area (Å²) < 4.78 is 2.21. The Morgan fingerprint density at radius 2 is 1.79 bits per heavy atom. The lowest BCUT2D eigenvalue weighted by atomic mass is 9.80. The predicted octanol–water partition coefficient (Wildman–Crippen LogP) is 3.92. The zero-order chi connectivity index (χ0) is 20.4. The first-order valence-electron chi connectivity index (χ1n) is 10.3. The molecule has 0 bridgehead atoms. The van der Waals surface area contributed by atoms with Crippen LogP contribution in [0.3, 0.4) is 0 Å². The average molecular weight is 392 g/mol. The van der Waals surface area contributed by atoms with Crippen molar-refractivity contribution in [3.63, 3.8) is 0 Å². The molecule has 29 heavy (non-hydrogen) atoms. The van der Waals surface area contributed by atoms with E-state index >= 15 is 0 Å². The minimum Gasteiger partial charge on any atom is -0.508 e. The number of para-hydroxylation sites is 1. The van der Waals surface area contributed by atoms with Gasteiger partial charge < -0.3 is 15.0 Å². The van der Waals surface area contributed by atoms with Gasteiger partial charge in [0.15, 0.2) is 0 Å². The molecule has 0 aliphatic carbocycles. The Hall–Kier alpha value is -2.79. The molecule has 0 radical (unpaired) electrons. The highest BCUT2D eigenvalue weighted by Crippen LogP contribution is 2.32. The van der Waals surface area contributed by atoms with Crippen LogP contribution in [0.2, 0.25) is 0 Å². The zero-order valence-corrected chi connectivity index (χ0v) is 17.2. The van der Waals surface area contributed by atoms with Crippen molar-refractivity contribution in [2.75, 3.05) is 19.6 Å². The number of phenolic OH excluding ortho intramolecular Hbond substituents is 1. The summed E-state index contributed by atoms with van der Waals surface area (Å²) in [6.45, 7) is 5.98. The van der Waals surface area contributed by atoms with Gasteiger partial charge in [0.1, 0.15) is 5.75 Å². The number of benzene rings is 2. The van der Waals surface area contributed by atoms with Crippen LogP contribution in [-0.4, -0.2) is 40.1 Å². The van der Waals surface area contributed by atoms with Crippen LogP contribution in [0.1, 0.15) is 35.7 Å². The highest BCUT2D eigenvalue weighted by Gasteiger charge is 2.30. The number of hydrogen-bond acceptors (Lipinski definition) is 3. The number of likely N-dealkylation sites (tertiary alicyclic amines) is 1. The van der Waals surface area contributed by atoms with Crippen LogP contribution in [-0.2, 0) is 13.6 Å². The van der Waals surface area contributed by atoms with E-state index in [1.807, 2.05) is 0 Å². The summed E-state index contributed by atoms with van der Waals surface area (Å²) in [5.74, 6) is 0.0940. The lowest BCUT2D eigenvalue weighted by Gasteiger charge is -2.39. The van der Waals surface area contributed by atoms with Gasteiger partial charge in [0.25, 0.3) is 5.91 Å². The molecular weight excluding hydrogens is 362 g/mol. The number of phenols is 1. The fourth-order valence-electron chi connectivity index (χ4n) is 4.23. The minimum atomic E-state index is -0.0793. The summed E-state index contributed by atoms with van der Waals surface area (Å²) in [6, 6.07) is 15.0. The molecule has 1 aliphatic rings. The van der Waals surface area contributed by atoms with Crippen LogP contribution < -0.4 is 5.32 Å². The van der Waals surface area contributed by atoms with Gasteiger partial charge in [0, 0.05) is 42.8 Å². The van der Waals surface area contributed by atoms with E-state index in [-0.39, 0.29) is 17.1 Å². The summed E-state index contributed by atoms with van der Waals surface area (Å²) in [6.07, 6.45) is 4.37. The number of aromatic hydroxyl groups is 1. The number of carbonyl (C=O) groups excluding carboxylic acids is 1. The molecule has 152 valence electrons. The molecule has 1 amide bonds. The SMILES string of the molecule is Cn1cc(CN2CCC(C)(CNC(=O)c3ccc(O)cc3)CC2)c2ccccc21. The number of carbonyl (C=O) groups is 1. The van der Waals surface area contributed by atoms with Gasteiger partial charge >= 0.3 is 0 Å². The van der Waals surface area contributed by atoms with Crippen molar-refractivity contribution >= 4 is 16.8 Å². The molecule has 1 aromatic heterocycles. The molecule has 0 spiro atoms. The molecule has 0 saturated carbocycles. The zero-order valence-electron chi connectivity index (χ0n) is 17.2. The maximum Gasteiger partial charge on any atom is 0.251 e. The van der Waals surface area contributed by atoms with E-state index < -0.39 is 0 Å². The largest absolute Gasteiger partial charge is 0.508 e. The predicted molar refractivity (Wildman–Crippen MR) is 116 cm³/mol. The van der Waals surface area contributed by atoms with Crippen molar-refractivity contribution < 1.29 is 9.90 Å². The molecule has 0 atom stereocenters. The maximum atomic E-state index is 12.4. The molecule has 2 aromatic carbocycles. The lowest BCUT2D eigenvalue weighted by Crippen LogP contribution is -2.44. The molecule has 4 rings (SSSR count). The second-order valence-electron chi connectivity index (χ2n) is 8.60. The number of rotatable bonds is 5. The second kappa shape index (κ2) is 7.91. The van der Waals surface area contributed by atoms with Crippen molar-refractivity contribution in [3.05, 3.63) is 65.9 Å². The molecule has 5 heteroatoms. The van der Waals surface area contributed by atoms with E-state index in [0.717, 1.165) is 32.5 Å². The highest BCUT2D eigenvalue weighted by molar-refractivity contribution is 5.94. The molecule has 5 nitrogen and oxygen atoms in total. The van der Waals surface area contributed by atoms with Crippen molar-refractivity contribution in [2.45, 2.75) is 26.3 Å². The number of nitrogens with one attached hydrogen (secondary N) is 1. The van der Waals surface area contributed by atoms with Gasteiger partial charge in [0.2, 0.25) is 0 Å². The first-order valence-corrected chi connectivity index (χ1v) is 10.3. The summed E-state index contributed by atoms with van der Waals surface area (Å²) in [4.78, 5) is 14.9. The topological polar surface area (TPSA) is 57.5 Å². The van der Waals surface area contributed by atoms with Crippen LogP contribution in [0.15, 0.2) is 54.7 Å². The van der Waals surface area contributed by atoms with E-state index in [2.05, 4.69) is 59.2 Å². The monoisotopic (exact) mass is 391 g/mol. The first-order chi connectivity index (χ1) is 13.9. The van der Waals surface area contributed by atoms with E-state index in [0.29, 0.717) is 12.1 Å². The summed E-state index contributed by atoms with van der Waals surface area (Å²) >= 11 is 0. The van der Waals surface area contributed by atoms with E-state index in [4.69, 9.17) is 0 Å². The maximum absolute atomic E-state index is 12.4. The number of amides is 1. The molecule has 3 aromatic rings. The van der Waals surface area contributed by atoms with Gasteiger partial charge in [-0.3, -0.25) is 9.69 Å². The Labute approximate surface area is 171 Å². The number of aryl methyl sites for hydroxylation is 1. The van der Waals surface area contributed by atoms with Crippen molar-refractivity contribution in [1.29, 1.82) is 0 Å². The van der Waals surface area contributed by atoms with Gasteiger partial charge in [-0.2, -0.15) is 0 Å². The van der Waals surface area contributed by atoms with Crippen molar-refractivity contribution in [1.82, 2.24) is 14.8 Å². The standard InChI is InChI=1S/C24H29N3O2/c1-24(17-25-23(29)18-7-9-20(28)10-8-18)11-13-27(14-12-24)16-19-15-26(2)22-6-4-3-5-21(19)22/h3-10,15,28H,11-14,16-17H2,1-2H3,(H,25,29). The molecule has 1 saturated heterocycles. The molecule has 1 aliphatic heterocycles.